The zero-order valence-corrected chi connectivity index (χ0v) is 20.4. The van der Waals surface area contributed by atoms with Crippen molar-refractivity contribution >= 4 is 50.9 Å². The van der Waals surface area contributed by atoms with Gasteiger partial charge >= 0.3 is 0 Å². The van der Waals surface area contributed by atoms with E-state index in [1.54, 1.807) is 37.3 Å². The van der Waals surface area contributed by atoms with Crippen LogP contribution in [0.2, 0.25) is 10.0 Å². The van der Waals surface area contributed by atoms with Crippen molar-refractivity contribution in [3.05, 3.63) is 62.5 Å². The summed E-state index contributed by atoms with van der Waals surface area (Å²) in [6, 6.07) is 11.6. The second-order valence-electron chi connectivity index (χ2n) is 7.93. The van der Waals surface area contributed by atoms with Crippen molar-refractivity contribution in [1.29, 1.82) is 0 Å². The standard InChI is InChI=1S/C22H25BrCl2N2O3/c1-14(21(29)26-22(2,3)4)27(12-15-5-8-17(24)9-6-15)20(28)13-30-19-10-7-16(23)11-18(19)25/h5-11,14H,12-13H2,1-4H3,(H,26,29)/t14-/m1/s1. The largest absolute Gasteiger partial charge is 0.482 e. The summed E-state index contributed by atoms with van der Waals surface area (Å²) in [6.45, 7) is 7.36. The van der Waals surface area contributed by atoms with Crippen molar-refractivity contribution < 1.29 is 14.3 Å². The lowest BCUT2D eigenvalue weighted by Gasteiger charge is -2.31. The van der Waals surface area contributed by atoms with E-state index < -0.39 is 11.6 Å². The Hall–Kier alpha value is -1.76. The Labute approximate surface area is 195 Å². The number of amides is 2. The predicted molar refractivity (Wildman–Crippen MR) is 124 cm³/mol. The van der Waals surface area contributed by atoms with Crippen molar-refractivity contribution in [2.24, 2.45) is 0 Å². The first-order valence-corrected chi connectivity index (χ1v) is 10.9. The van der Waals surface area contributed by atoms with Crippen molar-refractivity contribution in [3.63, 3.8) is 0 Å². The van der Waals surface area contributed by atoms with E-state index in [0.717, 1.165) is 10.0 Å². The Morgan fingerprint density at radius 2 is 1.77 bits per heavy atom. The number of ether oxygens (including phenoxy) is 1. The average Bonchev–Trinajstić information content (AvgIpc) is 2.64. The topological polar surface area (TPSA) is 58.6 Å². The molecule has 0 unspecified atom stereocenters. The van der Waals surface area contributed by atoms with E-state index in [1.165, 1.54) is 4.90 Å². The van der Waals surface area contributed by atoms with Crippen molar-refractivity contribution in [3.8, 4) is 5.75 Å². The van der Waals surface area contributed by atoms with Gasteiger partial charge in [0.05, 0.1) is 5.02 Å². The zero-order chi connectivity index (χ0) is 22.5. The Morgan fingerprint density at radius 3 is 2.33 bits per heavy atom. The van der Waals surface area contributed by atoms with E-state index >= 15 is 0 Å². The van der Waals surface area contributed by atoms with Crippen LogP contribution in [0.15, 0.2) is 46.9 Å². The molecule has 2 rings (SSSR count). The van der Waals surface area contributed by atoms with E-state index in [4.69, 9.17) is 27.9 Å². The lowest BCUT2D eigenvalue weighted by Crippen LogP contribution is -2.53. The highest BCUT2D eigenvalue weighted by Crippen LogP contribution is 2.27. The predicted octanol–water partition coefficient (Wildman–Crippen LogP) is 5.47. The average molecular weight is 516 g/mol. The van der Waals surface area contributed by atoms with Crippen LogP contribution in [-0.4, -0.2) is 34.9 Å². The first-order chi connectivity index (χ1) is 14.0. The number of carbonyl (C=O) groups is 2. The number of benzene rings is 2. The number of nitrogens with zero attached hydrogens (tertiary/aromatic N) is 1. The SMILES string of the molecule is C[C@H](C(=O)NC(C)(C)C)N(Cc1ccc(Cl)cc1)C(=O)COc1ccc(Br)cc1Cl. The summed E-state index contributed by atoms with van der Waals surface area (Å²) >= 11 is 15.5. The van der Waals surface area contributed by atoms with Crippen LogP contribution in [0, 0.1) is 0 Å². The van der Waals surface area contributed by atoms with Crippen LogP contribution in [0.1, 0.15) is 33.3 Å². The summed E-state index contributed by atoms with van der Waals surface area (Å²) < 4.78 is 6.43. The minimum absolute atomic E-state index is 0.242. The fourth-order valence-electron chi connectivity index (χ4n) is 2.66. The molecule has 0 bridgehead atoms. The lowest BCUT2D eigenvalue weighted by atomic mass is 10.1. The van der Waals surface area contributed by atoms with Gasteiger partial charge in [0.15, 0.2) is 6.61 Å². The van der Waals surface area contributed by atoms with Gasteiger partial charge in [0, 0.05) is 21.6 Å². The highest BCUT2D eigenvalue weighted by atomic mass is 79.9. The quantitative estimate of drug-likeness (QED) is 0.532. The van der Waals surface area contributed by atoms with Gasteiger partial charge in [-0.25, -0.2) is 0 Å². The molecule has 0 aromatic heterocycles. The number of halogens is 3. The molecule has 0 aliphatic carbocycles. The van der Waals surface area contributed by atoms with Gasteiger partial charge in [-0.3, -0.25) is 9.59 Å². The number of carbonyl (C=O) groups excluding carboxylic acids is 2. The molecule has 30 heavy (non-hydrogen) atoms. The van der Waals surface area contributed by atoms with Gasteiger partial charge in [-0.1, -0.05) is 51.3 Å². The molecular weight excluding hydrogens is 491 g/mol. The number of rotatable bonds is 7. The molecule has 1 N–H and O–H groups in total. The highest BCUT2D eigenvalue weighted by Gasteiger charge is 2.28. The van der Waals surface area contributed by atoms with Crippen LogP contribution in [0.3, 0.4) is 0 Å². The van der Waals surface area contributed by atoms with Gasteiger partial charge in [0.1, 0.15) is 11.8 Å². The Bertz CT molecular complexity index is 898. The van der Waals surface area contributed by atoms with Crippen LogP contribution in [-0.2, 0) is 16.1 Å². The number of hydrogen-bond acceptors (Lipinski definition) is 3. The molecular formula is C22H25BrCl2N2O3. The Balaban J connectivity index is 2.18. The Morgan fingerprint density at radius 1 is 1.13 bits per heavy atom. The van der Waals surface area contributed by atoms with Crippen LogP contribution >= 0.6 is 39.1 Å². The lowest BCUT2D eigenvalue weighted by molar-refractivity contribution is -0.142. The first-order valence-electron chi connectivity index (χ1n) is 9.40. The fraction of sp³-hybridized carbons (Fsp3) is 0.364. The highest BCUT2D eigenvalue weighted by molar-refractivity contribution is 9.10. The minimum atomic E-state index is -0.698. The first kappa shape index (κ1) is 24.5. The monoisotopic (exact) mass is 514 g/mol. The van der Waals surface area contributed by atoms with Crippen molar-refractivity contribution in [2.75, 3.05) is 6.61 Å². The molecule has 5 nitrogen and oxygen atoms in total. The van der Waals surface area contributed by atoms with Crippen molar-refractivity contribution in [2.45, 2.75) is 45.8 Å². The Kier molecular flexibility index (Phi) is 8.59. The zero-order valence-electron chi connectivity index (χ0n) is 17.3. The maximum absolute atomic E-state index is 13.0. The molecule has 0 aliphatic heterocycles. The molecule has 2 aromatic rings. The van der Waals surface area contributed by atoms with Gasteiger partial charge in [-0.05, 0) is 63.6 Å². The summed E-state index contributed by atoms with van der Waals surface area (Å²) in [5.74, 6) is -0.182. The van der Waals surface area contributed by atoms with Gasteiger partial charge in [0.2, 0.25) is 5.91 Å². The molecule has 0 saturated heterocycles. The van der Waals surface area contributed by atoms with E-state index in [1.807, 2.05) is 32.9 Å². The van der Waals surface area contributed by atoms with Crippen LogP contribution in [0.5, 0.6) is 5.75 Å². The summed E-state index contributed by atoms with van der Waals surface area (Å²) in [6.07, 6.45) is 0. The second kappa shape index (κ2) is 10.5. The van der Waals surface area contributed by atoms with Crippen LogP contribution in [0.4, 0.5) is 0 Å². The maximum atomic E-state index is 13.0. The maximum Gasteiger partial charge on any atom is 0.261 e. The molecule has 0 fully saturated rings. The molecule has 1 atom stereocenters. The van der Waals surface area contributed by atoms with E-state index in [9.17, 15) is 9.59 Å². The molecule has 0 saturated carbocycles. The second-order valence-corrected chi connectivity index (χ2v) is 9.69. The number of hydrogen-bond donors (Lipinski definition) is 1. The van der Waals surface area contributed by atoms with E-state index in [-0.39, 0.29) is 25.0 Å². The van der Waals surface area contributed by atoms with Crippen LogP contribution < -0.4 is 10.1 Å². The summed E-state index contributed by atoms with van der Waals surface area (Å²) in [5.41, 5.74) is 0.437. The number of nitrogens with one attached hydrogen (secondary N) is 1. The third-order valence-electron chi connectivity index (χ3n) is 4.18. The van der Waals surface area contributed by atoms with Crippen LogP contribution in [0.25, 0.3) is 0 Å². The minimum Gasteiger partial charge on any atom is -0.482 e. The normalized spacial score (nSPS) is 12.2. The van der Waals surface area contributed by atoms with E-state index in [2.05, 4.69) is 21.2 Å². The molecule has 0 radical (unpaired) electrons. The molecule has 0 aliphatic rings. The molecule has 162 valence electrons. The van der Waals surface area contributed by atoms with Gasteiger partial charge in [-0.15, -0.1) is 0 Å². The van der Waals surface area contributed by atoms with E-state index in [0.29, 0.717) is 15.8 Å². The molecule has 0 heterocycles. The summed E-state index contributed by atoms with van der Waals surface area (Å²) in [4.78, 5) is 27.2. The third kappa shape index (κ3) is 7.49. The molecule has 8 heteroatoms. The smallest absolute Gasteiger partial charge is 0.261 e. The van der Waals surface area contributed by atoms with Gasteiger partial charge in [-0.2, -0.15) is 0 Å². The third-order valence-corrected chi connectivity index (χ3v) is 5.22. The fourth-order valence-corrected chi connectivity index (χ4v) is 3.51. The summed E-state index contributed by atoms with van der Waals surface area (Å²) in [5, 5.41) is 3.91. The van der Waals surface area contributed by atoms with Crippen molar-refractivity contribution in [1.82, 2.24) is 10.2 Å². The molecule has 2 amide bonds. The summed E-state index contributed by atoms with van der Waals surface area (Å²) in [7, 11) is 0. The molecule has 0 spiro atoms. The van der Waals surface area contributed by atoms with Gasteiger partial charge in [0.25, 0.3) is 5.91 Å². The van der Waals surface area contributed by atoms with Gasteiger partial charge < -0.3 is 15.0 Å². The molecule has 2 aromatic carbocycles.